The van der Waals surface area contributed by atoms with Crippen LogP contribution in [0, 0.1) is 0 Å². The molecule has 0 aliphatic rings. The molecule has 1 aromatic carbocycles. The summed E-state index contributed by atoms with van der Waals surface area (Å²) in [6, 6.07) is 4.81. The summed E-state index contributed by atoms with van der Waals surface area (Å²) < 4.78 is 0. The zero-order valence-electron chi connectivity index (χ0n) is 9.87. The molecule has 0 saturated heterocycles. The molecule has 20 heavy (non-hydrogen) atoms. The van der Waals surface area contributed by atoms with Gasteiger partial charge in [-0.25, -0.2) is 19.7 Å². The third-order valence-electron chi connectivity index (χ3n) is 2.57. The fraction of sp³-hybridized carbons (Fsp3) is 0. The fourth-order valence-electron chi connectivity index (χ4n) is 1.66. The number of nitrogens with zero attached hydrogens (tertiary/aromatic N) is 3. The van der Waals surface area contributed by atoms with Gasteiger partial charge in [-0.1, -0.05) is 23.4 Å². The van der Waals surface area contributed by atoms with Gasteiger partial charge in [-0.15, -0.1) is 0 Å². The van der Waals surface area contributed by atoms with Crippen LogP contribution < -0.4 is 0 Å². The van der Waals surface area contributed by atoms with Gasteiger partial charge in [0.05, 0.1) is 16.9 Å². The minimum atomic E-state index is -1.06. The summed E-state index contributed by atoms with van der Waals surface area (Å²) in [6.45, 7) is 0. The molecular formula is C12H7ClN4O2S. The number of hydrogen-bond acceptors (Lipinski definition) is 5. The SMILES string of the molecule is O=C(O)c1cc(Sc2ncnc3nc[nH]c23)ccc1Cl. The van der Waals surface area contributed by atoms with Crippen molar-refractivity contribution in [2.75, 3.05) is 0 Å². The largest absolute Gasteiger partial charge is 0.478 e. The van der Waals surface area contributed by atoms with Crippen molar-refractivity contribution in [3.05, 3.63) is 41.4 Å². The molecule has 0 saturated carbocycles. The summed E-state index contributed by atoms with van der Waals surface area (Å²) in [5.74, 6) is -1.06. The van der Waals surface area contributed by atoms with E-state index in [0.717, 1.165) is 4.90 Å². The van der Waals surface area contributed by atoms with Crippen molar-refractivity contribution in [3.63, 3.8) is 0 Å². The van der Waals surface area contributed by atoms with Gasteiger partial charge in [-0.2, -0.15) is 0 Å². The first-order chi connectivity index (χ1) is 9.65. The maximum Gasteiger partial charge on any atom is 0.337 e. The number of nitrogens with one attached hydrogen (secondary N) is 1. The number of carboxylic acid groups (broad SMARTS) is 1. The van der Waals surface area contributed by atoms with Gasteiger partial charge in [0.2, 0.25) is 0 Å². The molecule has 6 nitrogen and oxygen atoms in total. The molecule has 0 unspecified atom stereocenters. The zero-order valence-corrected chi connectivity index (χ0v) is 11.4. The summed E-state index contributed by atoms with van der Waals surface area (Å²) in [6.07, 6.45) is 2.95. The fourth-order valence-corrected chi connectivity index (χ4v) is 2.75. The molecule has 0 bridgehead atoms. The number of fused-ring (bicyclic) bond motifs is 1. The highest BCUT2D eigenvalue weighted by molar-refractivity contribution is 7.99. The van der Waals surface area contributed by atoms with Crippen molar-refractivity contribution >= 4 is 40.5 Å². The number of carboxylic acids is 1. The number of H-pyrrole nitrogens is 1. The lowest BCUT2D eigenvalue weighted by Gasteiger charge is -2.04. The number of halogens is 1. The number of aromatic amines is 1. The Morgan fingerprint density at radius 2 is 2.15 bits per heavy atom. The highest BCUT2D eigenvalue weighted by Gasteiger charge is 2.12. The Bertz CT molecular complexity index is 805. The molecule has 0 atom stereocenters. The van der Waals surface area contributed by atoms with Gasteiger partial charge in [0.25, 0.3) is 0 Å². The first-order valence-corrected chi connectivity index (χ1v) is 6.69. The number of benzene rings is 1. The van der Waals surface area contributed by atoms with Crippen LogP contribution in [0.4, 0.5) is 0 Å². The molecule has 0 aliphatic carbocycles. The van der Waals surface area contributed by atoms with Crippen molar-refractivity contribution in [3.8, 4) is 0 Å². The zero-order chi connectivity index (χ0) is 14.1. The Morgan fingerprint density at radius 1 is 1.30 bits per heavy atom. The average Bonchev–Trinajstić information content (AvgIpc) is 2.90. The lowest BCUT2D eigenvalue weighted by molar-refractivity contribution is 0.0697. The second-order valence-corrected chi connectivity index (χ2v) is 5.30. The highest BCUT2D eigenvalue weighted by Crippen LogP contribution is 2.31. The summed E-state index contributed by atoms with van der Waals surface area (Å²) >= 11 is 7.16. The van der Waals surface area contributed by atoms with Crippen LogP contribution in [0.3, 0.4) is 0 Å². The predicted molar refractivity (Wildman–Crippen MR) is 74.2 cm³/mol. The Balaban J connectivity index is 2.01. The smallest absolute Gasteiger partial charge is 0.337 e. The first-order valence-electron chi connectivity index (χ1n) is 5.50. The molecule has 2 aromatic heterocycles. The molecule has 2 heterocycles. The van der Waals surface area contributed by atoms with Gasteiger partial charge >= 0.3 is 5.97 Å². The van der Waals surface area contributed by atoms with E-state index in [4.69, 9.17) is 16.7 Å². The quantitative estimate of drug-likeness (QED) is 0.723. The maximum absolute atomic E-state index is 11.1. The van der Waals surface area contributed by atoms with Crippen LogP contribution in [0.2, 0.25) is 5.02 Å². The van der Waals surface area contributed by atoms with Crippen LogP contribution in [-0.4, -0.2) is 31.0 Å². The van der Waals surface area contributed by atoms with E-state index in [-0.39, 0.29) is 10.6 Å². The standard InChI is InChI=1S/C12H7ClN4O2S/c13-8-2-1-6(3-7(8)12(18)19)20-11-9-10(15-4-14-9)16-5-17-11/h1-5H,(H,18,19)(H,14,15,16,17). The van der Waals surface area contributed by atoms with Crippen LogP contribution in [0.5, 0.6) is 0 Å². The van der Waals surface area contributed by atoms with Gasteiger partial charge in [-0.05, 0) is 18.2 Å². The number of aromatic carboxylic acids is 1. The average molecular weight is 307 g/mol. The first kappa shape index (κ1) is 12.9. The van der Waals surface area contributed by atoms with E-state index in [1.807, 2.05) is 0 Å². The van der Waals surface area contributed by atoms with E-state index in [0.29, 0.717) is 16.2 Å². The monoisotopic (exact) mass is 306 g/mol. The Labute approximate surface area is 122 Å². The van der Waals surface area contributed by atoms with Gasteiger partial charge < -0.3 is 10.1 Å². The van der Waals surface area contributed by atoms with Crippen molar-refractivity contribution in [1.29, 1.82) is 0 Å². The molecule has 0 aliphatic heterocycles. The van der Waals surface area contributed by atoms with Crippen molar-refractivity contribution in [2.24, 2.45) is 0 Å². The molecule has 0 amide bonds. The number of rotatable bonds is 3. The molecule has 0 spiro atoms. The number of hydrogen-bond donors (Lipinski definition) is 2. The third kappa shape index (κ3) is 2.33. The van der Waals surface area contributed by atoms with Crippen LogP contribution >= 0.6 is 23.4 Å². The van der Waals surface area contributed by atoms with Crippen LogP contribution in [0.25, 0.3) is 11.2 Å². The molecule has 3 aromatic rings. The normalized spacial score (nSPS) is 10.8. The molecule has 8 heteroatoms. The number of aromatic nitrogens is 4. The lowest BCUT2D eigenvalue weighted by Crippen LogP contribution is -1.97. The van der Waals surface area contributed by atoms with Gasteiger partial charge in [-0.3, -0.25) is 0 Å². The van der Waals surface area contributed by atoms with Gasteiger partial charge in [0, 0.05) is 4.90 Å². The maximum atomic E-state index is 11.1. The molecule has 3 rings (SSSR count). The Hall–Kier alpha value is -2.12. The lowest BCUT2D eigenvalue weighted by atomic mass is 10.2. The summed E-state index contributed by atoms with van der Waals surface area (Å²) in [5.41, 5.74) is 1.34. The van der Waals surface area contributed by atoms with E-state index in [1.54, 1.807) is 12.1 Å². The predicted octanol–water partition coefficient (Wildman–Crippen LogP) is 2.86. The summed E-state index contributed by atoms with van der Waals surface area (Å²) in [5, 5.41) is 9.94. The van der Waals surface area contributed by atoms with E-state index in [9.17, 15) is 4.79 Å². The highest BCUT2D eigenvalue weighted by atomic mass is 35.5. The Morgan fingerprint density at radius 3 is 2.95 bits per heavy atom. The van der Waals surface area contributed by atoms with Gasteiger partial charge in [0.15, 0.2) is 5.65 Å². The third-order valence-corrected chi connectivity index (χ3v) is 3.89. The number of carbonyl (C=O) groups is 1. The van der Waals surface area contributed by atoms with E-state index in [2.05, 4.69) is 19.9 Å². The minimum absolute atomic E-state index is 0.0616. The van der Waals surface area contributed by atoms with Gasteiger partial charge in [0.1, 0.15) is 16.9 Å². The topological polar surface area (TPSA) is 91.8 Å². The second kappa shape index (κ2) is 5.10. The van der Waals surface area contributed by atoms with E-state index < -0.39 is 5.97 Å². The van der Waals surface area contributed by atoms with E-state index in [1.165, 1.54) is 30.5 Å². The van der Waals surface area contributed by atoms with Crippen molar-refractivity contribution in [1.82, 2.24) is 19.9 Å². The van der Waals surface area contributed by atoms with Crippen LogP contribution in [-0.2, 0) is 0 Å². The van der Waals surface area contributed by atoms with Crippen LogP contribution in [0.1, 0.15) is 10.4 Å². The molecule has 100 valence electrons. The summed E-state index contributed by atoms with van der Waals surface area (Å²) in [4.78, 5) is 27.0. The molecular weight excluding hydrogens is 300 g/mol. The number of imidazole rings is 1. The molecule has 0 fully saturated rings. The summed E-state index contributed by atoms with van der Waals surface area (Å²) in [7, 11) is 0. The molecule has 2 N–H and O–H groups in total. The Kier molecular flexibility index (Phi) is 3.29. The minimum Gasteiger partial charge on any atom is -0.478 e. The second-order valence-electron chi connectivity index (χ2n) is 3.83. The van der Waals surface area contributed by atoms with Crippen molar-refractivity contribution in [2.45, 2.75) is 9.92 Å². The molecule has 0 radical (unpaired) electrons. The van der Waals surface area contributed by atoms with E-state index >= 15 is 0 Å². The van der Waals surface area contributed by atoms with Crippen molar-refractivity contribution < 1.29 is 9.90 Å². The van der Waals surface area contributed by atoms with Crippen LogP contribution in [0.15, 0.2) is 40.8 Å².